The molecule has 3 N–H and O–H groups in total. The zero-order valence-electron chi connectivity index (χ0n) is 12.0. The molecule has 0 spiro atoms. The van der Waals surface area contributed by atoms with Crippen molar-refractivity contribution >= 4 is 6.03 Å². The van der Waals surface area contributed by atoms with Gasteiger partial charge in [0, 0.05) is 38.3 Å². The van der Waals surface area contributed by atoms with Gasteiger partial charge in [0.15, 0.2) is 0 Å². The number of hydrogen-bond acceptors (Lipinski definition) is 3. The van der Waals surface area contributed by atoms with E-state index < -0.39 is 0 Å². The summed E-state index contributed by atoms with van der Waals surface area (Å²) >= 11 is 0. The van der Waals surface area contributed by atoms with Crippen molar-refractivity contribution in [3.8, 4) is 0 Å². The van der Waals surface area contributed by atoms with Gasteiger partial charge < -0.3 is 16.0 Å². The molecule has 0 radical (unpaired) electrons. The summed E-state index contributed by atoms with van der Waals surface area (Å²) in [5.41, 5.74) is 5.64. The normalized spacial score (nSPS) is 19.1. The molecule has 18 heavy (non-hydrogen) atoms. The maximum atomic E-state index is 11.9. The second-order valence-corrected chi connectivity index (χ2v) is 5.27. The second-order valence-electron chi connectivity index (χ2n) is 5.27. The average molecular weight is 256 g/mol. The van der Waals surface area contributed by atoms with Crippen molar-refractivity contribution in [3.05, 3.63) is 0 Å². The molecule has 0 saturated carbocycles. The van der Waals surface area contributed by atoms with Gasteiger partial charge in [-0.2, -0.15) is 0 Å². The maximum absolute atomic E-state index is 11.9. The van der Waals surface area contributed by atoms with Crippen molar-refractivity contribution in [2.45, 2.75) is 45.7 Å². The van der Waals surface area contributed by atoms with Crippen LogP contribution >= 0.6 is 0 Å². The zero-order chi connectivity index (χ0) is 13.5. The third-order valence-electron chi connectivity index (χ3n) is 3.50. The summed E-state index contributed by atoms with van der Waals surface area (Å²) in [6.07, 6.45) is 2.18. The van der Waals surface area contributed by atoms with Gasteiger partial charge in [0.25, 0.3) is 0 Å². The highest BCUT2D eigenvalue weighted by Crippen LogP contribution is 2.12. The molecule has 0 aromatic rings. The largest absolute Gasteiger partial charge is 0.336 e. The van der Waals surface area contributed by atoms with Gasteiger partial charge >= 0.3 is 6.03 Å². The number of rotatable bonds is 5. The minimum absolute atomic E-state index is 0.0662. The number of nitrogens with zero attached hydrogens (tertiary/aromatic N) is 2. The Balaban J connectivity index is 2.38. The fourth-order valence-electron chi connectivity index (χ4n) is 2.47. The van der Waals surface area contributed by atoms with Crippen LogP contribution in [0.5, 0.6) is 0 Å². The molecule has 1 heterocycles. The third-order valence-corrected chi connectivity index (χ3v) is 3.50. The second kappa shape index (κ2) is 7.59. The first-order chi connectivity index (χ1) is 8.58. The molecule has 106 valence electrons. The molecule has 1 atom stereocenters. The van der Waals surface area contributed by atoms with Crippen LogP contribution in [-0.4, -0.2) is 60.6 Å². The molecule has 5 nitrogen and oxygen atoms in total. The monoisotopic (exact) mass is 256 g/mol. The lowest BCUT2D eigenvalue weighted by atomic mass is 10.1. The van der Waals surface area contributed by atoms with Crippen molar-refractivity contribution in [1.29, 1.82) is 0 Å². The number of amides is 2. The van der Waals surface area contributed by atoms with E-state index in [1.54, 1.807) is 0 Å². The van der Waals surface area contributed by atoms with E-state index in [4.69, 9.17) is 5.73 Å². The van der Waals surface area contributed by atoms with Crippen LogP contribution < -0.4 is 11.1 Å². The van der Waals surface area contributed by atoms with Crippen molar-refractivity contribution in [1.82, 2.24) is 15.1 Å². The first kappa shape index (κ1) is 15.2. The molecule has 1 aliphatic heterocycles. The van der Waals surface area contributed by atoms with E-state index in [0.717, 1.165) is 45.6 Å². The standard InChI is InChI=1S/C13H28N4O/c1-4-12(5-6-14)16-7-9-17(10-8-16)13(18)15-11(2)3/h11-12H,4-10,14H2,1-3H3,(H,15,18). The maximum Gasteiger partial charge on any atom is 0.317 e. The summed E-state index contributed by atoms with van der Waals surface area (Å²) < 4.78 is 0. The number of hydrogen-bond donors (Lipinski definition) is 2. The Morgan fingerprint density at radius 2 is 1.89 bits per heavy atom. The molecule has 0 bridgehead atoms. The number of carbonyl (C=O) groups excluding carboxylic acids is 1. The van der Waals surface area contributed by atoms with Crippen LogP contribution in [0.3, 0.4) is 0 Å². The van der Waals surface area contributed by atoms with Crippen LogP contribution in [0.1, 0.15) is 33.6 Å². The zero-order valence-corrected chi connectivity index (χ0v) is 12.0. The summed E-state index contributed by atoms with van der Waals surface area (Å²) in [4.78, 5) is 16.2. The first-order valence-electron chi connectivity index (χ1n) is 7.08. The Hall–Kier alpha value is -0.810. The number of urea groups is 1. The van der Waals surface area contributed by atoms with Crippen molar-refractivity contribution in [2.24, 2.45) is 5.73 Å². The summed E-state index contributed by atoms with van der Waals surface area (Å²) in [6, 6.07) is 0.845. The predicted octanol–water partition coefficient (Wildman–Crippen LogP) is 0.849. The molecule has 0 aromatic carbocycles. The number of nitrogens with one attached hydrogen (secondary N) is 1. The number of carbonyl (C=O) groups is 1. The van der Waals surface area contributed by atoms with Gasteiger partial charge in [-0.15, -0.1) is 0 Å². The van der Waals surface area contributed by atoms with Gasteiger partial charge in [-0.05, 0) is 33.2 Å². The highest BCUT2D eigenvalue weighted by Gasteiger charge is 2.24. The van der Waals surface area contributed by atoms with Crippen LogP contribution in [0.4, 0.5) is 4.79 Å². The van der Waals surface area contributed by atoms with Crippen molar-refractivity contribution < 1.29 is 4.79 Å². The SMILES string of the molecule is CCC(CCN)N1CCN(C(=O)NC(C)C)CC1. The van der Waals surface area contributed by atoms with E-state index in [2.05, 4.69) is 17.1 Å². The minimum atomic E-state index is 0.0662. The van der Waals surface area contributed by atoms with Gasteiger partial charge in [-0.1, -0.05) is 6.92 Å². The molecular formula is C13H28N4O. The Morgan fingerprint density at radius 3 is 2.33 bits per heavy atom. The van der Waals surface area contributed by atoms with Gasteiger partial charge in [0.1, 0.15) is 0 Å². The fourth-order valence-corrected chi connectivity index (χ4v) is 2.47. The van der Waals surface area contributed by atoms with Crippen LogP contribution in [0, 0.1) is 0 Å². The molecule has 0 aromatic heterocycles. The first-order valence-corrected chi connectivity index (χ1v) is 7.08. The van der Waals surface area contributed by atoms with Crippen LogP contribution in [0.25, 0.3) is 0 Å². The molecule has 2 amide bonds. The fraction of sp³-hybridized carbons (Fsp3) is 0.923. The summed E-state index contributed by atoms with van der Waals surface area (Å²) in [5, 5.41) is 2.94. The molecule has 1 fully saturated rings. The molecule has 5 heteroatoms. The summed E-state index contributed by atoms with van der Waals surface area (Å²) in [5.74, 6) is 0. The molecule has 1 aliphatic rings. The lowest BCUT2D eigenvalue weighted by Crippen LogP contribution is -2.55. The van der Waals surface area contributed by atoms with Gasteiger partial charge in [-0.25, -0.2) is 4.79 Å². The molecule has 1 unspecified atom stereocenters. The topological polar surface area (TPSA) is 61.6 Å². The quantitative estimate of drug-likeness (QED) is 0.766. The van der Waals surface area contributed by atoms with Gasteiger partial charge in [0.2, 0.25) is 0 Å². The van der Waals surface area contributed by atoms with Crippen LogP contribution in [0.2, 0.25) is 0 Å². The smallest absolute Gasteiger partial charge is 0.317 e. The highest BCUT2D eigenvalue weighted by atomic mass is 16.2. The van der Waals surface area contributed by atoms with Crippen LogP contribution in [-0.2, 0) is 0 Å². The highest BCUT2D eigenvalue weighted by molar-refractivity contribution is 5.74. The Bertz CT molecular complexity index is 249. The van der Waals surface area contributed by atoms with Crippen molar-refractivity contribution in [3.63, 3.8) is 0 Å². The number of piperazine rings is 1. The summed E-state index contributed by atoms with van der Waals surface area (Å²) in [7, 11) is 0. The Morgan fingerprint density at radius 1 is 1.28 bits per heavy atom. The Labute approximate surface area is 111 Å². The lowest BCUT2D eigenvalue weighted by molar-refractivity contribution is 0.102. The van der Waals surface area contributed by atoms with E-state index in [1.807, 2.05) is 18.7 Å². The third kappa shape index (κ3) is 4.46. The minimum Gasteiger partial charge on any atom is -0.336 e. The van der Waals surface area contributed by atoms with Gasteiger partial charge in [-0.3, -0.25) is 4.90 Å². The van der Waals surface area contributed by atoms with Gasteiger partial charge in [0.05, 0.1) is 0 Å². The number of nitrogens with two attached hydrogens (primary N) is 1. The predicted molar refractivity (Wildman–Crippen MR) is 74.6 cm³/mol. The van der Waals surface area contributed by atoms with E-state index in [0.29, 0.717) is 6.04 Å². The van der Waals surface area contributed by atoms with E-state index in [1.165, 1.54) is 0 Å². The van der Waals surface area contributed by atoms with Crippen LogP contribution in [0.15, 0.2) is 0 Å². The van der Waals surface area contributed by atoms with Crippen molar-refractivity contribution in [2.75, 3.05) is 32.7 Å². The van der Waals surface area contributed by atoms with E-state index in [-0.39, 0.29) is 12.1 Å². The molecule has 1 rings (SSSR count). The Kier molecular flexibility index (Phi) is 6.43. The molecule has 0 aliphatic carbocycles. The average Bonchev–Trinajstić information content (AvgIpc) is 2.35. The van der Waals surface area contributed by atoms with E-state index in [9.17, 15) is 4.79 Å². The lowest BCUT2D eigenvalue weighted by Gasteiger charge is -2.39. The van der Waals surface area contributed by atoms with E-state index >= 15 is 0 Å². The molecular weight excluding hydrogens is 228 g/mol. The summed E-state index contributed by atoms with van der Waals surface area (Å²) in [6.45, 7) is 10.5. The molecule has 1 saturated heterocycles.